The first-order chi connectivity index (χ1) is 31.3. The number of rotatable bonds is 16. The molecule has 25 atom stereocenters. The molecule has 0 radical (unpaired) electrons. The Labute approximate surface area is 376 Å². The van der Waals surface area contributed by atoms with Gasteiger partial charge in [-0.1, -0.05) is 11.6 Å². The standard InChI is InChI=1S/C36H54ClNO28/c37-10-3-9(38(55)56)1-2-11(10)57-32-24(51)19(46)28(13(5-40)59-32)64-34-26(53)21(48)30(15(7-42)61-34)66-36-27(54)22(49)31(16(8-43)62-36)65-35-25(52)20(47)29(14(6-41)60-35)63-33-23(50)18(45)17(44)12(4-39)58-33/h1-3,12-36,39-54H,4-8H2/t12-,13-,14-,15-,16-,17-,18+,19-,20-,21-,22-,23-,24-,25-,26-,27-,28-,29-,30-,31-,32+,33-,34-,35-,36-/m1/s1. The van der Waals surface area contributed by atoms with E-state index in [-0.39, 0.29) is 16.5 Å². The smallest absolute Gasteiger partial charge is 0.271 e. The molecule has 1 aromatic carbocycles. The largest absolute Gasteiger partial charge is 0.460 e. The van der Waals surface area contributed by atoms with Crippen LogP contribution in [-0.4, -0.2) is 273 Å². The third kappa shape index (κ3) is 10.9. The number of nitro benzene ring substituents is 1. The van der Waals surface area contributed by atoms with Crippen molar-refractivity contribution in [3.05, 3.63) is 33.3 Å². The maximum atomic E-state index is 11.2. The summed E-state index contributed by atoms with van der Waals surface area (Å²) in [7, 11) is 0. The molecule has 0 aliphatic carbocycles. The van der Waals surface area contributed by atoms with Crippen molar-refractivity contribution in [3.8, 4) is 5.75 Å². The zero-order valence-electron chi connectivity index (χ0n) is 34.1. The minimum absolute atomic E-state index is 0.208. The van der Waals surface area contributed by atoms with Gasteiger partial charge in [0.2, 0.25) is 6.29 Å². The van der Waals surface area contributed by atoms with Crippen molar-refractivity contribution in [3.63, 3.8) is 0 Å². The number of aliphatic hydroxyl groups is 16. The van der Waals surface area contributed by atoms with Crippen LogP contribution in [0.4, 0.5) is 5.69 Å². The molecule has 5 fully saturated rings. The summed E-state index contributed by atoms with van der Waals surface area (Å²) in [5.41, 5.74) is -0.383. The van der Waals surface area contributed by atoms with E-state index in [2.05, 4.69) is 0 Å². The van der Waals surface area contributed by atoms with E-state index in [0.717, 1.165) is 18.2 Å². The third-order valence-corrected chi connectivity index (χ3v) is 12.0. The lowest BCUT2D eigenvalue weighted by Gasteiger charge is -2.49. The molecule has 0 saturated carbocycles. The summed E-state index contributed by atoms with van der Waals surface area (Å²) in [5, 5.41) is 180. The van der Waals surface area contributed by atoms with Gasteiger partial charge in [-0.05, 0) is 6.07 Å². The topological polar surface area (TPSA) is 459 Å². The number of aliphatic hydroxyl groups excluding tert-OH is 16. The van der Waals surface area contributed by atoms with E-state index in [1.165, 1.54) is 0 Å². The highest BCUT2D eigenvalue weighted by molar-refractivity contribution is 6.32. The number of nitro groups is 1. The molecule has 5 aliphatic heterocycles. The summed E-state index contributed by atoms with van der Waals surface area (Å²) >= 11 is 6.06. The predicted molar refractivity (Wildman–Crippen MR) is 203 cm³/mol. The summed E-state index contributed by atoms with van der Waals surface area (Å²) < 4.78 is 55.6. The van der Waals surface area contributed by atoms with Crippen molar-refractivity contribution in [1.82, 2.24) is 0 Å². The van der Waals surface area contributed by atoms with Gasteiger partial charge in [-0.25, -0.2) is 0 Å². The molecule has 16 N–H and O–H groups in total. The molecule has 30 heteroatoms. The number of hydrogen-bond acceptors (Lipinski definition) is 28. The molecule has 29 nitrogen and oxygen atoms in total. The highest BCUT2D eigenvalue weighted by Crippen LogP contribution is 2.37. The van der Waals surface area contributed by atoms with Gasteiger partial charge in [0.25, 0.3) is 5.69 Å². The van der Waals surface area contributed by atoms with Crippen LogP contribution in [0.2, 0.25) is 5.02 Å². The SMILES string of the molecule is O=[N+]([O-])c1ccc(O[C@H]2O[C@H](CO)[C@@H](O[C@H]3O[C@H](CO)[C@@H](O[C@H]4O[C@H](CO)[C@@H](O[C@H]5O[C@H](CO)[C@@H](O[C@H]6O[C@H](CO)[C@@H](O)[C@H](O)[C@H]6O)[C@H](O)[C@H]5O)[C@H](O)[C@H]4O)[C@H](O)[C@H]3O)[C@H](O)[C@H]2O)c(Cl)c1. The van der Waals surface area contributed by atoms with E-state index >= 15 is 0 Å². The maximum absolute atomic E-state index is 11.2. The minimum Gasteiger partial charge on any atom is -0.460 e. The monoisotopic (exact) mass is 983 g/mol. The first-order valence-corrected chi connectivity index (χ1v) is 20.7. The molecule has 6 rings (SSSR count). The van der Waals surface area contributed by atoms with E-state index in [0.29, 0.717) is 0 Å². The van der Waals surface area contributed by atoms with Gasteiger partial charge in [0.05, 0.1) is 43.0 Å². The number of halogens is 1. The Kier molecular flexibility index (Phi) is 18.2. The predicted octanol–water partition coefficient (Wildman–Crippen LogP) is -9.28. The van der Waals surface area contributed by atoms with Crippen molar-refractivity contribution in [2.75, 3.05) is 33.0 Å². The second kappa shape index (κ2) is 22.6. The van der Waals surface area contributed by atoms with Gasteiger partial charge < -0.3 is 129 Å². The average Bonchev–Trinajstić information content (AvgIpc) is 3.30. The van der Waals surface area contributed by atoms with E-state index in [4.69, 9.17) is 59.0 Å². The summed E-state index contributed by atoms with van der Waals surface area (Å²) in [6.07, 6.45) is -46.7. The first kappa shape index (κ1) is 53.1. The Morgan fingerprint density at radius 1 is 0.455 bits per heavy atom. The second-order valence-electron chi connectivity index (χ2n) is 15.9. The van der Waals surface area contributed by atoms with E-state index in [9.17, 15) is 91.8 Å². The van der Waals surface area contributed by atoms with Crippen molar-refractivity contribution >= 4 is 17.3 Å². The van der Waals surface area contributed by atoms with Gasteiger partial charge in [0.15, 0.2) is 25.2 Å². The van der Waals surface area contributed by atoms with Crippen LogP contribution >= 0.6 is 11.6 Å². The number of hydrogen-bond donors (Lipinski definition) is 16. The molecule has 0 spiro atoms. The minimum atomic E-state index is -2.16. The molecule has 5 saturated heterocycles. The van der Waals surface area contributed by atoms with Gasteiger partial charge in [-0.15, -0.1) is 0 Å². The number of non-ortho nitro benzene ring substituents is 1. The Morgan fingerprint density at radius 2 is 0.758 bits per heavy atom. The molecular formula is C36H54ClNO28. The van der Waals surface area contributed by atoms with Crippen molar-refractivity contribution in [2.45, 2.75) is 154 Å². The van der Waals surface area contributed by atoms with Crippen LogP contribution in [-0.2, 0) is 42.6 Å². The summed E-state index contributed by atoms with van der Waals surface area (Å²) in [6, 6.07) is 3.09. The lowest BCUT2D eigenvalue weighted by atomic mass is 9.95. The third-order valence-electron chi connectivity index (χ3n) is 11.7. The molecular weight excluding hydrogens is 930 g/mol. The zero-order chi connectivity index (χ0) is 48.5. The zero-order valence-corrected chi connectivity index (χ0v) is 34.8. The Hall–Kier alpha value is -2.29. The second-order valence-corrected chi connectivity index (χ2v) is 16.3. The molecule has 0 unspecified atom stereocenters. The van der Waals surface area contributed by atoms with Gasteiger partial charge in [0.1, 0.15) is 128 Å². The van der Waals surface area contributed by atoms with Crippen LogP contribution < -0.4 is 4.74 Å². The number of benzene rings is 1. The van der Waals surface area contributed by atoms with Crippen LogP contribution in [0.15, 0.2) is 18.2 Å². The van der Waals surface area contributed by atoms with Crippen LogP contribution in [0.25, 0.3) is 0 Å². The Morgan fingerprint density at radius 3 is 1.08 bits per heavy atom. The quantitative estimate of drug-likeness (QED) is 0.0540. The molecule has 0 aromatic heterocycles. The number of nitrogens with zero attached hydrogens (tertiary/aromatic N) is 1. The lowest BCUT2D eigenvalue weighted by molar-refractivity contribution is -0.392. The van der Waals surface area contributed by atoms with E-state index < -0.39 is 191 Å². The van der Waals surface area contributed by atoms with Crippen LogP contribution in [0.5, 0.6) is 5.75 Å². The first-order valence-electron chi connectivity index (χ1n) is 20.3. The van der Waals surface area contributed by atoms with Gasteiger partial charge in [0, 0.05) is 12.1 Å². The van der Waals surface area contributed by atoms with Crippen LogP contribution in [0.1, 0.15) is 0 Å². The van der Waals surface area contributed by atoms with Gasteiger partial charge in [-0.2, -0.15) is 0 Å². The Bertz CT molecular complexity index is 1720. The Balaban J connectivity index is 1.07. The molecule has 378 valence electrons. The summed E-state index contributed by atoms with van der Waals surface area (Å²) in [5.74, 6) is -0.208. The molecule has 0 bridgehead atoms. The maximum Gasteiger partial charge on any atom is 0.271 e. The molecule has 66 heavy (non-hydrogen) atoms. The number of ether oxygens (including phenoxy) is 10. The van der Waals surface area contributed by atoms with Crippen molar-refractivity contribution < 1.29 is 134 Å². The molecule has 5 aliphatic rings. The normalized spacial score (nSPS) is 46.8. The molecule has 5 heterocycles. The van der Waals surface area contributed by atoms with Crippen molar-refractivity contribution in [1.29, 1.82) is 0 Å². The fourth-order valence-corrected chi connectivity index (χ4v) is 8.16. The highest BCUT2D eigenvalue weighted by Gasteiger charge is 2.56. The summed E-state index contributed by atoms with van der Waals surface area (Å²) in [6.45, 7) is -4.69. The van der Waals surface area contributed by atoms with Gasteiger partial charge >= 0.3 is 0 Å². The highest BCUT2D eigenvalue weighted by atomic mass is 35.5. The fourth-order valence-electron chi connectivity index (χ4n) is 7.94. The van der Waals surface area contributed by atoms with Crippen molar-refractivity contribution in [2.24, 2.45) is 0 Å². The van der Waals surface area contributed by atoms with Gasteiger partial charge in [-0.3, -0.25) is 10.1 Å². The lowest BCUT2D eigenvalue weighted by Crippen LogP contribution is -2.68. The van der Waals surface area contributed by atoms with Crippen LogP contribution in [0.3, 0.4) is 0 Å². The van der Waals surface area contributed by atoms with E-state index in [1.54, 1.807) is 0 Å². The molecule has 0 amide bonds. The van der Waals surface area contributed by atoms with E-state index in [1.807, 2.05) is 0 Å². The summed E-state index contributed by atoms with van der Waals surface area (Å²) in [4.78, 5) is 10.3. The fraction of sp³-hybridized carbons (Fsp3) is 0.833. The average molecular weight is 984 g/mol. The van der Waals surface area contributed by atoms with Crippen LogP contribution in [0, 0.1) is 10.1 Å². The molecule has 1 aromatic rings.